The molecule has 9 heteroatoms. The van der Waals surface area contributed by atoms with Crippen molar-refractivity contribution in [3.05, 3.63) is 83.0 Å². The first kappa shape index (κ1) is 20.1. The lowest BCUT2D eigenvalue weighted by Crippen LogP contribution is -2.40. The van der Waals surface area contributed by atoms with Gasteiger partial charge in [0.1, 0.15) is 4.90 Å². The molecule has 0 bridgehead atoms. The minimum Gasteiger partial charge on any atom is -0.346 e. The molecule has 152 valence electrons. The van der Waals surface area contributed by atoms with Crippen LogP contribution in [0.25, 0.3) is 0 Å². The lowest BCUT2D eigenvalue weighted by atomic mass is 10.2. The van der Waals surface area contributed by atoms with Crippen LogP contribution in [0.2, 0.25) is 5.02 Å². The van der Waals surface area contributed by atoms with E-state index >= 15 is 0 Å². The highest BCUT2D eigenvalue weighted by Gasteiger charge is 2.38. The van der Waals surface area contributed by atoms with Gasteiger partial charge in [-0.15, -0.1) is 5.10 Å². The first-order valence-electron chi connectivity index (χ1n) is 9.04. The van der Waals surface area contributed by atoms with E-state index in [0.717, 1.165) is 11.1 Å². The van der Waals surface area contributed by atoms with Gasteiger partial charge in [0.25, 0.3) is 5.91 Å². The Balaban J connectivity index is 1.71. The second kappa shape index (κ2) is 7.89. The Morgan fingerprint density at radius 1 is 1.07 bits per heavy atom. The van der Waals surface area contributed by atoms with Gasteiger partial charge in [0.15, 0.2) is 5.82 Å². The minimum atomic E-state index is -4.13. The molecule has 0 radical (unpaired) electrons. The van der Waals surface area contributed by atoms with E-state index in [4.69, 9.17) is 11.6 Å². The van der Waals surface area contributed by atoms with Crippen molar-refractivity contribution in [3.63, 3.8) is 0 Å². The predicted molar refractivity (Wildman–Crippen MR) is 115 cm³/mol. The highest BCUT2D eigenvalue weighted by atomic mass is 35.5. The molecule has 0 aliphatic carbocycles. The molecule has 0 unspecified atom stereocenters. The standard InChI is InChI=1S/C21H17ClN4O3S/c1-14-4-10-17(11-5-14)26-19-18(3-2-12-23-19)30(28,29)21(25-26)20(27)24-13-15-6-8-16(22)9-7-15/h2-12H,13H2,1H3,(H,24,27). The molecule has 0 atom stereocenters. The van der Waals surface area contributed by atoms with Crippen molar-refractivity contribution in [2.75, 3.05) is 5.01 Å². The number of anilines is 2. The molecule has 30 heavy (non-hydrogen) atoms. The van der Waals surface area contributed by atoms with Crippen LogP contribution in [0.15, 0.2) is 76.9 Å². The van der Waals surface area contributed by atoms with Gasteiger partial charge >= 0.3 is 0 Å². The van der Waals surface area contributed by atoms with Crippen molar-refractivity contribution in [1.29, 1.82) is 0 Å². The third-order valence-electron chi connectivity index (χ3n) is 4.53. The molecule has 2 aromatic carbocycles. The zero-order valence-corrected chi connectivity index (χ0v) is 17.5. The average Bonchev–Trinajstić information content (AvgIpc) is 2.74. The van der Waals surface area contributed by atoms with E-state index in [2.05, 4.69) is 15.4 Å². The number of halogens is 1. The van der Waals surface area contributed by atoms with Crippen molar-refractivity contribution < 1.29 is 13.2 Å². The molecule has 1 aliphatic heterocycles. The van der Waals surface area contributed by atoms with E-state index in [1.54, 1.807) is 36.4 Å². The van der Waals surface area contributed by atoms with Gasteiger partial charge in [0, 0.05) is 17.8 Å². The summed E-state index contributed by atoms with van der Waals surface area (Å²) in [5.41, 5.74) is 2.41. The summed E-state index contributed by atoms with van der Waals surface area (Å²) in [4.78, 5) is 16.9. The number of nitrogens with one attached hydrogen (secondary N) is 1. The minimum absolute atomic E-state index is 0.0720. The molecular formula is C21H17ClN4O3S. The molecule has 1 aliphatic rings. The number of aryl methyl sites for hydroxylation is 1. The highest BCUT2D eigenvalue weighted by molar-refractivity contribution is 8.08. The maximum Gasteiger partial charge on any atom is 0.284 e. The van der Waals surface area contributed by atoms with Crippen LogP contribution in [0.1, 0.15) is 11.1 Å². The molecule has 4 rings (SSSR count). The number of nitrogens with zero attached hydrogens (tertiary/aromatic N) is 3. The number of hydrazone groups is 1. The van der Waals surface area contributed by atoms with Crippen LogP contribution in [0.4, 0.5) is 11.5 Å². The third-order valence-corrected chi connectivity index (χ3v) is 6.45. The molecule has 2 heterocycles. The van der Waals surface area contributed by atoms with Crippen LogP contribution in [0, 0.1) is 6.92 Å². The number of benzene rings is 2. The molecule has 0 fully saturated rings. The summed E-state index contributed by atoms with van der Waals surface area (Å²) in [6.07, 6.45) is 1.48. The fourth-order valence-electron chi connectivity index (χ4n) is 2.94. The molecule has 1 aromatic heterocycles. The lowest BCUT2D eigenvalue weighted by molar-refractivity contribution is -0.114. The zero-order chi connectivity index (χ0) is 21.3. The first-order chi connectivity index (χ1) is 14.4. The van der Waals surface area contributed by atoms with Gasteiger partial charge in [-0.05, 0) is 48.9 Å². The number of carbonyl (C=O) groups excluding carboxylic acids is 1. The van der Waals surface area contributed by atoms with Gasteiger partial charge in [-0.3, -0.25) is 4.79 Å². The van der Waals surface area contributed by atoms with Gasteiger partial charge in [0.05, 0.1) is 5.69 Å². The maximum absolute atomic E-state index is 13.1. The van der Waals surface area contributed by atoms with Crippen LogP contribution in [-0.2, 0) is 21.2 Å². The van der Waals surface area contributed by atoms with Crippen LogP contribution < -0.4 is 10.3 Å². The molecule has 0 saturated carbocycles. The summed E-state index contributed by atoms with van der Waals surface area (Å²) >= 11 is 5.87. The fraction of sp³-hybridized carbons (Fsp3) is 0.0952. The van der Waals surface area contributed by atoms with Crippen molar-refractivity contribution >= 4 is 43.9 Å². The Kier molecular flexibility index (Phi) is 5.27. The number of sulfone groups is 1. The maximum atomic E-state index is 13.1. The number of pyridine rings is 1. The Hall–Kier alpha value is -3.23. The normalized spacial score (nSPS) is 14.6. The Labute approximate surface area is 178 Å². The number of fused-ring (bicyclic) bond motifs is 1. The molecule has 0 saturated heterocycles. The summed E-state index contributed by atoms with van der Waals surface area (Å²) in [6.45, 7) is 2.07. The highest BCUT2D eigenvalue weighted by Crippen LogP contribution is 2.35. The summed E-state index contributed by atoms with van der Waals surface area (Å²) in [5, 5.41) is 8.14. The van der Waals surface area contributed by atoms with Crippen molar-refractivity contribution in [3.8, 4) is 0 Å². The van der Waals surface area contributed by atoms with Crippen molar-refractivity contribution in [2.45, 2.75) is 18.4 Å². The number of rotatable bonds is 4. The lowest BCUT2D eigenvalue weighted by Gasteiger charge is -2.26. The number of carbonyl (C=O) groups is 1. The van der Waals surface area contributed by atoms with Crippen LogP contribution in [0.3, 0.4) is 0 Å². The molecule has 1 amide bonds. The Bertz CT molecular complexity index is 1240. The molecule has 7 nitrogen and oxygen atoms in total. The fourth-order valence-corrected chi connectivity index (χ4v) is 4.42. The van der Waals surface area contributed by atoms with Crippen LogP contribution in [-0.4, -0.2) is 24.4 Å². The molecule has 1 N–H and O–H groups in total. The number of hydrogen-bond donors (Lipinski definition) is 1. The van der Waals surface area contributed by atoms with E-state index in [1.165, 1.54) is 23.3 Å². The predicted octanol–water partition coefficient (Wildman–Crippen LogP) is 3.60. The summed E-state index contributed by atoms with van der Waals surface area (Å²) in [7, 11) is -4.13. The summed E-state index contributed by atoms with van der Waals surface area (Å²) in [5.74, 6) is -0.646. The average molecular weight is 441 g/mol. The molecular weight excluding hydrogens is 424 g/mol. The van der Waals surface area contributed by atoms with Crippen molar-refractivity contribution in [2.24, 2.45) is 5.10 Å². The summed E-state index contributed by atoms with van der Waals surface area (Å²) in [6, 6.07) is 17.1. The third kappa shape index (κ3) is 3.79. The van der Waals surface area contributed by atoms with E-state index in [-0.39, 0.29) is 17.3 Å². The largest absolute Gasteiger partial charge is 0.346 e. The van der Waals surface area contributed by atoms with Gasteiger partial charge in [-0.1, -0.05) is 41.4 Å². The quantitative estimate of drug-likeness (QED) is 0.669. The zero-order valence-electron chi connectivity index (χ0n) is 15.9. The van der Waals surface area contributed by atoms with Gasteiger partial charge in [-0.2, -0.15) is 0 Å². The second-order valence-electron chi connectivity index (χ2n) is 6.69. The number of aromatic nitrogens is 1. The van der Waals surface area contributed by atoms with E-state index in [9.17, 15) is 13.2 Å². The van der Waals surface area contributed by atoms with Gasteiger partial charge < -0.3 is 5.32 Å². The Morgan fingerprint density at radius 2 is 1.77 bits per heavy atom. The number of hydrogen-bond acceptors (Lipinski definition) is 6. The van der Waals surface area contributed by atoms with Crippen LogP contribution >= 0.6 is 11.6 Å². The molecule has 3 aromatic rings. The topological polar surface area (TPSA) is 91.7 Å². The van der Waals surface area contributed by atoms with E-state index < -0.39 is 20.8 Å². The summed E-state index contributed by atoms with van der Waals surface area (Å²) < 4.78 is 26.1. The van der Waals surface area contributed by atoms with Crippen molar-refractivity contribution in [1.82, 2.24) is 10.3 Å². The first-order valence-corrected chi connectivity index (χ1v) is 10.9. The van der Waals surface area contributed by atoms with E-state index in [1.807, 2.05) is 19.1 Å². The Morgan fingerprint density at radius 3 is 2.47 bits per heavy atom. The van der Waals surface area contributed by atoms with E-state index in [0.29, 0.717) is 10.7 Å². The smallest absolute Gasteiger partial charge is 0.284 e. The van der Waals surface area contributed by atoms with Gasteiger partial charge in [0.2, 0.25) is 14.9 Å². The van der Waals surface area contributed by atoms with Gasteiger partial charge in [-0.25, -0.2) is 18.4 Å². The second-order valence-corrected chi connectivity index (χ2v) is 8.96. The number of amides is 1. The SMILES string of the molecule is Cc1ccc(N2N=C(C(=O)NCc3ccc(Cl)cc3)S(=O)(=O)c3cccnc32)cc1. The van der Waals surface area contributed by atoms with Crippen LogP contribution in [0.5, 0.6) is 0 Å². The monoisotopic (exact) mass is 440 g/mol. The molecule has 0 spiro atoms.